The fourth-order valence-corrected chi connectivity index (χ4v) is 2.60. The molecule has 2 heterocycles. The van der Waals surface area contributed by atoms with Gasteiger partial charge in [-0.1, -0.05) is 24.3 Å². The number of carbonyl (C=O) groups excluding carboxylic acids is 1. The first-order valence-electron chi connectivity index (χ1n) is 8.94. The Bertz CT molecular complexity index is 536. The summed E-state index contributed by atoms with van der Waals surface area (Å²) in [6.45, 7) is 9.87. The maximum atomic E-state index is 11.8. The van der Waals surface area contributed by atoms with Crippen molar-refractivity contribution in [1.82, 2.24) is 0 Å². The third-order valence-corrected chi connectivity index (χ3v) is 4.05. The van der Waals surface area contributed by atoms with E-state index in [1.54, 1.807) is 7.11 Å². The highest BCUT2D eigenvalue weighted by Gasteiger charge is 2.40. The van der Waals surface area contributed by atoms with Crippen molar-refractivity contribution in [2.45, 2.75) is 38.4 Å². The molecule has 26 heavy (non-hydrogen) atoms. The van der Waals surface area contributed by atoms with E-state index in [2.05, 4.69) is 0 Å². The van der Waals surface area contributed by atoms with Crippen LogP contribution in [0.3, 0.4) is 0 Å². The van der Waals surface area contributed by atoms with Crippen molar-refractivity contribution in [2.24, 2.45) is 0 Å². The van der Waals surface area contributed by atoms with E-state index in [-0.39, 0.29) is 18.0 Å². The molecule has 0 atom stereocenters. The van der Waals surface area contributed by atoms with E-state index in [0.29, 0.717) is 13.2 Å². The van der Waals surface area contributed by atoms with Gasteiger partial charge >= 0.3 is 5.97 Å². The van der Waals surface area contributed by atoms with Gasteiger partial charge < -0.3 is 23.7 Å². The minimum Gasteiger partial charge on any atom is -0.460 e. The molecule has 0 radical (unpaired) electrons. The molecule has 0 saturated carbocycles. The van der Waals surface area contributed by atoms with E-state index >= 15 is 0 Å². The number of esters is 1. The van der Waals surface area contributed by atoms with Gasteiger partial charge in [-0.2, -0.15) is 0 Å². The Morgan fingerprint density at radius 2 is 1.54 bits per heavy atom. The molecule has 0 amide bonds. The second-order valence-corrected chi connectivity index (χ2v) is 7.38. The molecular weight excluding hydrogens is 336 g/mol. The van der Waals surface area contributed by atoms with Gasteiger partial charge in [0.25, 0.3) is 0 Å². The lowest BCUT2D eigenvalue weighted by Gasteiger charge is -2.40. The Hall–Kier alpha value is -1.47. The van der Waals surface area contributed by atoms with Gasteiger partial charge in [-0.3, -0.25) is 4.79 Å². The van der Waals surface area contributed by atoms with Crippen LogP contribution in [0.2, 0.25) is 0 Å². The highest BCUT2D eigenvalue weighted by molar-refractivity contribution is 5.73. The SMILES string of the molecule is C1COCCO1.COC1(c2ccc(CC(=O)OC(C)(C)C)cc2)COC1. The van der Waals surface area contributed by atoms with Crippen LogP contribution >= 0.6 is 0 Å². The summed E-state index contributed by atoms with van der Waals surface area (Å²) < 4.78 is 26.0. The molecule has 2 aliphatic heterocycles. The average molecular weight is 366 g/mol. The summed E-state index contributed by atoms with van der Waals surface area (Å²) in [5.74, 6) is -0.210. The number of rotatable bonds is 4. The van der Waals surface area contributed by atoms with E-state index in [4.69, 9.17) is 23.7 Å². The van der Waals surface area contributed by atoms with Gasteiger partial charge in [-0.25, -0.2) is 0 Å². The summed E-state index contributed by atoms with van der Waals surface area (Å²) in [5, 5.41) is 0. The molecule has 1 aromatic rings. The lowest BCUT2D eigenvalue weighted by Crippen LogP contribution is -2.48. The van der Waals surface area contributed by atoms with Gasteiger partial charge in [0.1, 0.15) is 11.2 Å². The van der Waals surface area contributed by atoms with E-state index in [1.807, 2.05) is 45.0 Å². The van der Waals surface area contributed by atoms with Crippen molar-refractivity contribution < 1.29 is 28.5 Å². The number of hydrogen-bond donors (Lipinski definition) is 0. The van der Waals surface area contributed by atoms with Gasteiger partial charge in [0.15, 0.2) is 0 Å². The smallest absolute Gasteiger partial charge is 0.310 e. The Kier molecular flexibility index (Phi) is 7.58. The fourth-order valence-electron chi connectivity index (χ4n) is 2.60. The molecule has 3 rings (SSSR count). The van der Waals surface area contributed by atoms with E-state index in [9.17, 15) is 4.79 Å². The topological polar surface area (TPSA) is 63.2 Å². The second kappa shape index (κ2) is 9.46. The van der Waals surface area contributed by atoms with E-state index in [1.165, 1.54) is 0 Å². The van der Waals surface area contributed by atoms with Crippen LogP contribution in [0, 0.1) is 0 Å². The van der Waals surface area contributed by atoms with Crippen LogP contribution < -0.4 is 0 Å². The average Bonchev–Trinajstić information content (AvgIpc) is 2.56. The first-order valence-corrected chi connectivity index (χ1v) is 8.94. The zero-order valence-corrected chi connectivity index (χ0v) is 16.2. The minimum absolute atomic E-state index is 0.210. The highest BCUT2D eigenvalue weighted by Crippen LogP contribution is 2.33. The van der Waals surface area contributed by atoms with Gasteiger partial charge in [-0.15, -0.1) is 0 Å². The van der Waals surface area contributed by atoms with Crippen molar-refractivity contribution >= 4 is 5.97 Å². The molecule has 2 aliphatic rings. The monoisotopic (exact) mass is 366 g/mol. The van der Waals surface area contributed by atoms with Gasteiger partial charge in [-0.05, 0) is 31.9 Å². The molecule has 0 aromatic heterocycles. The summed E-state index contributed by atoms with van der Waals surface area (Å²) in [6.07, 6.45) is 0.286. The molecule has 2 fully saturated rings. The van der Waals surface area contributed by atoms with Crippen LogP contribution in [0.25, 0.3) is 0 Å². The summed E-state index contributed by atoms with van der Waals surface area (Å²) in [6, 6.07) is 7.87. The van der Waals surface area contributed by atoms with Crippen molar-refractivity contribution in [3.63, 3.8) is 0 Å². The zero-order chi connectivity index (χ0) is 19.0. The summed E-state index contributed by atoms with van der Waals surface area (Å²) in [7, 11) is 1.69. The molecule has 0 spiro atoms. The van der Waals surface area contributed by atoms with Crippen molar-refractivity contribution in [3.05, 3.63) is 35.4 Å². The summed E-state index contributed by atoms with van der Waals surface area (Å²) in [4.78, 5) is 11.8. The molecule has 0 unspecified atom stereocenters. The largest absolute Gasteiger partial charge is 0.460 e. The molecule has 0 N–H and O–H groups in total. The number of ether oxygens (including phenoxy) is 5. The third kappa shape index (κ3) is 6.36. The molecule has 146 valence electrons. The van der Waals surface area contributed by atoms with E-state index in [0.717, 1.165) is 37.6 Å². The lowest BCUT2D eigenvalue weighted by atomic mass is 9.91. The molecule has 6 heteroatoms. The zero-order valence-electron chi connectivity index (χ0n) is 16.2. The Morgan fingerprint density at radius 1 is 1.00 bits per heavy atom. The fraction of sp³-hybridized carbons (Fsp3) is 0.650. The van der Waals surface area contributed by atoms with Crippen molar-refractivity contribution in [1.29, 1.82) is 0 Å². The van der Waals surface area contributed by atoms with Crippen LogP contribution in [-0.2, 0) is 40.5 Å². The number of hydrogen-bond acceptors (Lipinski definition) is 6. The summed E-state index contributed by atoms with van der Waals surface area (Å²) in [5.41, 5.74) is 1.26. The standard InChI is InChI=1S/C16H22O4.C4H8O2/c1-15(2,3)20-14(17)9-12-5-7-13(8-6-12)16(18-4)10-19-11-16;1-2-6-4-3-5-1/h5-8H,9-11H2,1-4H3;1-4H2. The molecule has 0 aliphatic carbocycles. The number of methoxy groups -OCH3 is 1. The second-order valence-electron chi connectivity index (χ2n) is 7.38. The third-order valence-electron chi connectivity index (χ3n) is 4.05. The maximum Gasteiger partial charge on any atom is 0.310 e. The maximum absolute atomic E-state index is 11.8. The highest BCUT2D eigenvalue weighted by atomic mass is 16.6. The van der Waals surface area contributed by atoms with Gasteiger partial charge in [0, 0.05) is 7.11 Å². The Labute approximate surface area is 155 Å². The molecule has 0 bridgehead atoms. The first kappa shape index (κ1) is 20.8. The van der Waals surface area contributed by atoms with E-state index < -0.39 is 5.60 Å². The Balaban J connectivity index is 0.000000342. The normalized spacial score (nSPS) is 18.9. The van der Waals surface area contributed by atoms with Crippen molar-refractivity contribution in [2.75, 3.05) is 46.8 Å². The predicted molar refractivity (Wildman–Crippen MR) is 97.1 cm³/mol. The molecule has 2 saturated heterocycles. The quantitative estimate of drug-likeness (QED) is 0.763. The van der Waals surface area contributed by atoms with Gasteiger partial charge in [0.2, 0.25) is 0 Å². The molecular formula is C20H30O6. The lowest BCUT2D eigenvalue weighted by molar-refractivity contribution is -0.202. The first-order chi connectivity index (χ1) is 12.3. The number of benzene rings is 1. The number of carbonyl (C=O) groups is 1. The molecule has 1 aromatic carbocycles. The summed E-state index contributed by atoms with van der Waals surface area (Å²) >= 11 is 0. The van der Waals surface area contributed by atoms with Crippen LogP contribution in [0.4, 0.5) is 0 Å². The minimum atomic E-state index is -0.444. The van der Waals surface area contributed by atoms with Crippen molar-refractivity contribution in [3.8, 4) is 0 Å². The van der Waals surface area contributed by atoms with Crippen LogP contribution in [0.5, 0.6) is 0 Å². The van der Waals surface area contributed by atoms with Crippen LogP contribution in [-0.4, -0.2) is 58.3 Å². The van der Waals surface area contributed by atoms with Crippen LogP contribution in [0.1, 0.15) is 31.9 Å². The van der Waals surface area contributed by atoms with Gasteiger partial charge in [0.05, 0.1) is 46.1 Å². The van der Waals surface area contributed by atoms with Crippen LogP contribution in [0.15, 0.2) is 24.3 Å². The Morgan fingerprint density at radius 3 is 1.88 bits per heavy atom. The predicted octanol–water partition coefficient (Wildman–Crippen LogP) is 2.48. The molecule has 6 nitrogen and oxygen atoms in total.